The molecule has 1 fully saturated rings. The van der Waals surface area contributed by atoms with Crippen LogP contribution in [0, 0.1) is 0 Å². The fourth-order valence-corrected chi connectivity index (χ4v) is 4.41. The van der Waals surface area contributed by atoms with Crippen LogP contribution in [0.25, 0.3) is 17.4 Å². The fourth-order valence-electron chi connectivity index (χ4n) is 3.05. The molecule has 2 aromatic carbocycles. The Labute approximate surface area is 204 Å². The lowest BCUT2D eigenvalue weighted by Crippen LogP contribution is -2.23. The number of carbonyl (C=O) groups excluding carboxylic acids is 2. The van der Waals surface area contributed by atoms with Crippen molar-refractivity contribution >= 4 is 63.8 Å². The van der Waals surface area contributed by atoms with Crippen LogP contribution in [0.2, 0.25) is 10.0 Å². The van der Waals surface area contributed by atoms with Crippen molar-refractivity contribution in [1.82, 2.24) is 4.90 Å². The molecule has 33 heavy (non-hydrogen) atoms. The van der Waals surface area contributed by atoms with E-state index in [0.717, 1.165) is 0 Å². The normalized spacial score (nSPS) is 16.1. The Hall–Kier alpha value is -3.00. The van der Waals surface area contributed by atoms with Crippen LogP contribution in [0.15, 0.2) is 68.9 Å². The average Bonchev–Trinajstić information content (AvgIpc) is 3.37. The van der Waals surface area contributed by atoms with Gasteiger partial charge in [-0.1, -0.05) is 29.3 Å². The van der Waals surface area contributed by atoms with E-state index in [0.29, 0.717) is 55.1 Å². The first-order valence-electron chi connectivity index (χ1n) is 9.95. The molecule has 0 bridgehead atoms. The third-order valence-corrected chi connectivity index (χ3v) is 6.60. The molecule has 2 heterocycles. The molecule has 168 valence electrons. The number of carbonyl (C=O) groups is 2. The monoisotopic (exact) mass is 500 g/mol. The molecule has 0 aliphatic carbocycles. The topological polar surface area (TPSA) is 72.1 Å². The SMILES string of the molecule is CCOC(=O)c1ccc(N=C2SC(=Cc3ccc(-c4cccc(Cl)c4Cl)o3)C(=O)N2C)cc1. The first-order chi connectivity index (χ1) is 15.9. The minimum atomic E-state index is -0.388. The molecular formula is C24H18Cl2N2O4S. The van der Waals surface area contributed by atoms with Crippen LogP contribution in [-0.4, -0.2) is 35.6 Å². The fraction of sp³-hybridized carbons (Fsp3) is 0.125. The number of amides is 1. The highest BCUT2D eigenvalue weighted by molar-refractivity contribution is 8.18. The molecule has 1 amide bonds. The van der Waals surface area contributed by atoms with Crippen LogP contribution in [0.4, 0.5) is 5.69 Å². The highest BCUT2D eigenvalue weighted by Crippen LogP contribution is 2.37. The van der Waals surface area contributed by atoms with E-state index in [1.807, 2.05) is 6.07 Å². The van der Waals surface area contributed by atoms with Gasteiger partial charge in [0, 0.05) is 18.7 Å². The summed E-state index contributed by atoms with van der Waals surface area (Å²) in [5.74, 6) is 0.473. The van der Waals surface area contributed by atoms with Crippen LogP contribution < -0.4 is 0 Å². The quantitative estimate of drug-likeness (QED) is 0.289. The number of halogens is 2. The van der Waals surface area contributed by atoms with Gasteiger partial charge in [-0.25, -0.2) is 9.79 Å². The molecule has 1 aliphatic rings. The second-order valence-corrected chi connectivity index (χ2v) is 8.73. The van der Waals surface area contributed by atoms with Gasteiger partial charge in [-0.2, -0.15) is 0 Å². The van der Waals surface area contributed by atoms with Gasteiger partial charge in [0.25, 0.3) is 5.91 Å². The largest absolute Gasteiger partial charge is 0.462 e. The summed E-state index contributed by atoms with van der Waals surface area (Å²) in [5.41, 5.74) is 1.73. The Morgan fingerprint density at radius 3 is 2.64 bits per heavy atom. The lowest BCUT2D eigenvalue weighted by molar-refractivity contribution is -0.121. The molecule has 1 aromatic heterocycles. The van der Waals surface area contributed by atoms with Crippen molar-refractivity contribution in [2.75, 3.05) is 13.7 Å². The maximum atomic E-state index is 12.7. The summed E-state index contributed by atoms with van der Waals surface area (Å²) in [5, 5.41) is 1.35. The number of aliphatic imine (C=N–C) groups is 1. The van der Waals surface area contributed by atoms with Gasteiger partial charge in [0.05, 0.1) is 32.8 Å². The Balaban J connectivity index is 1.54. The predicted octanol–water partition coefficient (Wildman–Crippen LogP) is 6.66. The first kappa shape index (κ1) is 23.2. The Morgan fingerprint density at radius 1 is 1.15 bits per heavy atom. The number of nitrogens with zero attached hydrogens (tertiary/aromatic N) is 2. The molecule has 0 atom stereocenters. The Morgan fingerprint density at radius 2 is 1.91 bits per heavy atom. The zero-order valence-corrected chi connectivity index (χ0v) is 20.0. The van der Waals surface area contributed by atoms with Crippen LogP contribution >= 0.6 is 35.0 Å². The first-order valence-corrected chi connectivity index (χ1v) is 11.5. The molecule has 0 radical (unpaired) electrons. The third-order valence-electron chi connectivity index (χ3n) is 4.72. The second kappa shape index (κ2) is 9.87. The summed E-state index contributed by atoms with van der Waals surface area (Å²) in [6.45, 7) is 2.06. The van der Waals surface area contributed by atoms with Gasteiger partial charge < -0.3 is 9.15 Å². The molecule has 0 saturated carbocycles. The van der Waals surface area contributed by atoms with Crippen molar-refractivity contribution in [1.29, 1.82) is 0 Å². The van der Waals surface area contributed by atoms with E-state index in [1.165, 1.54) is 16.7 Å². The van der Waals surface area contributed by atoms with Gasteiger partial charge in [0.2, 0.25) is 0 Å². The minimum absolute atomic E-state index is 0.194. The summed E-state index contributed by atoms with van der Waals surface area (Å²) in [6, 6.07) is 15.5. The minimum Gasteiger partial charge on any atom is -0.462 e. The van der Waals surface area contributed by atoms with Crippen molar-refractivity contribution in [2.24, 2.45) is 4.99 Å². The molecule has 0 spiro atoms. The number of thioether (sulfide) groups is 1. The number of amidine groups is 1. The molecule has 0 N–H and O–H groups in total. The van der Waals surface area contributed by atoms with Gasteiger partial charge in [-0.3, -0.25) is 9.69 Å². The van der Waals surface area contributed by atoms with Crippen molar-refractivity contribution < 1.29 is 18.7 Å². The number of esters is 1. The number of likely N-dealkylation sites (N-methyl/N-ethyl adjacent to an activating group) is 1. The Bertz CT molecular complexity index is 1280. The predicted molar refractivity (Wildman–Crippen MR) is 132 cm³/mol. The maximum absolute atomic E-state index is 12.7. The van der Waals surface area contributed by atoms with E-state index in [2.05, 4.69) is 4.99 Å². The highest BCUT2D eigenvalue weighted by atomic mass is 35.5. The summed E-state index contributed by atoms with van der Waals surface area (Å²) < 4.78 is 10.9. The van der Waals surface area contributed by atoms with E-state index in [9.17, 15) is 9.59 Å². The van der Waals surface area contributed by atoms with Gasteiger partial charge in [-0.15, -0.1) is 0 Å². The molecule has 6 nitrogen and oxygen atoms in total. The summed E-state index contributed by atoms with van der Waals surface area (Å²) >= 11 is 13.6. The molecule has 9 heteroatoms. The lowest BCUT2D eigenvalue weighted by atomic mass is 10.2. The van der Waals surface area contributed by atoms with Gasteiger partial charge >= 0.3 is 5.97 Å². The van der Waals surface area contributed by atoms with Gasteiger partial charge in [0.1, 0.15) is 11.5 Å². The number of benzene rings is 2. The smallest absolute Gasteiger partial charge is 0.338 e. The third kappa shape index (κ3) is 5.00. The molecule has 3 aromatic rings. The molecule has 4 rings (SSSR count). The lowest BCUT2D eigenvalue weighted by Gasteiger charge is -2.07. The van der Waals surface area contributed by atoms with Crippen molar-refractivity contribution in [3.63, 3.8) is 0 Å². The zero-order valence-electron chi connectivity index (χ0n) is 17.7. The van der Waals surface area contributed by atoms with Gasteiger partial charge in [-0.05, 0) is 67.2 Å². The van der Waals surface area contributed by atoms with Crippen molar-refractivity contribution in [2.45, 2.75) is 6.92 Å². The zero-order chi connectivity index (χ0) is 23.5. The number of hydrogen-bond donors (Lipinski definition) is 0. The van der Waals surface area contributed by atoms with E-state index in [-0.39, 0.29) is 11.9 Å². The van der Waals surface area contributed by atoms with E-state index >= 15 is 0 Å². The summed E-state index contributed by atoms with van der Waals surface area (Å²) in [6.07, 6.45) is 1.66. The Kier molecular flexibility index (Phi) is 6.93. The van der Waals surface area contributed by atoms with Crippen LogP contribution in [0.1, 0.15) is 23.0 Å². The van der Waals surface area contributed by atoms with Gasteiger partial charge in [0.15, 0.2) is 5.17 Å². The van der Waals surface area contributed by atoms with E-state index in [4.69, 9.17) is 32.4 Å². The second-order valence-electron chi connectivity index (χ2n) is 6.94. The number of rotatable bonds is 5. The number of furan rings is 1. The molecule has 0 unspecified atom stereocenters. The molecular weight excluding hydrogens is 483 g/mol. The average molecular weight is 501 g/mol. The van der Waals surface area contributed by atoms with Crippen LogP contribution in [0.3, 0.4) is 0 Å². The van der Waals surface area contributed by atoms with Crippen molar-refractivity contribution in [3.8, 4) is 11.3 Å². The molecule has 1 aliphatic heterocycles. The standard InChI is InChI=1S/C24H18Cl2N2O4S/c1-3-31-23(30)14-7-9-15(10-8-14)27-24-28(2)22(29)20(33-24)13-16-11-12-19(32-16)17-5-4-6-18(25)21(17)26/h4-13H,3H2,1-2H3. The summed E-state index contributed by atoms with van der Waals surface area (Å²) in [7, 11) is 1.65. The van der Waals surface area contributed by atoms with Crippen LogP contribution in [0.5, 0.6) is 0 Å². The highest BCUT2D eigenvalue weighted by Gasteiger charge is 2.30. The maximum Gasteiger partial charge on any atom is 0.338 e. The van der Waals surface area contributed by atoms with Crippen LogP contribution in [-0.2, 0) is 9.53 Å². The van der Waals surface area contributed by atoms with Crippen molar-refractivity contribution in [3.05, 3.63) is 80.9 Å². The molecule has 1 saturated heterocycles. The number of hydrogen-bond acceptors (Lipinski definition) is 6. The van der Waals surface area contributed by atoms with E-state index < -0.39 is 0 Å². The number of ether oxygens (including phenoxy) is 1. The van der Waals surface area contributed by atoms with E-state index in [1.54, 1.807) is 68.6 Å². The summed E-state index contributed by atoms with van der Waals surface area (Å²) in [4.78, 5) is 31.0.